The second-order valence-electron chi connectivity index (χ2n) is 12.5. The van der Waals surface area contributed by atoms with Crippen LogP contribution >= 0.6 is 11.6 Å². The monoisotopic (exact) mass is 653 g/mol. The highest BCUT2D eigenvalue weighted by Gasteiger charge is 2.45. The van der Waals surface area contributed by atoms with Crippen molar-refractivity contribution < 1.29 is 23.4 Å². The van der Waals surface area contributed by atoms with Gasteiger partial charge in [-0.25, -0.2) is 14.4 Å². The lowest BCUT2D eigenvalue weighted by Gasteiger charge is -2.39. The SMILES string of the molecule is COc1nc(C2(c3cc(C#N)c4oc(CN5CC(F)C5)nc4c3)C=CC=C(c3ccccc3C)C2Cl)ccc1CN1CC(C(=O)O)C1. The van der Waals surface area contributed by atoms with Gasteiger partial charge < -0.3 is 14.3 Å². The number of methoxy groups -OCH3 is 1. The van der Waals surface area contributed by atoms with E-state index in [1.165, 1.54) is 0 Å². The summed E-state index contributed by atoms with van der Waals surface area (Å²) in [5.74, 6) is -0.339. The first-order valence-corrected chi connectivity index (χ1v) is 15.9. The predicted molar refractivity (Wildman–Crippen MR) is 175 cm³/mol. The first-order chi connectivity index (χ1) is 22.7. The Hall–Kier alpha value is -4.56. The minimum atomic E-state index is -1.05. The van der Waals surface area contributed by atoms with E-state index >= 15 is 0 Å². The van der Waals surface area contributed by atoms with Crippen LogP contribution in [0.3, 0.4) is 0 Å². The molecule has 2 unspecified atom stereocenters. The van der Waals surface area contributed by atoms with E-state index < -0.39 is 22.9 Å². The fourth-order valence-corrected chi connectivity index (χ4v) is 7.34. The zero-order valence-electron chi connectivity index (χ0n) is 26.0. The van der Waals surface area contributed by atoms with Gasteiger partial charge in [-0.15, -0.1) is 11.6 Å². The van der Waals surface area contributed by atoms with Gasteiger partial charge in [0, 0.05) is 38.3 Å². The van der Waals surface area contributed by atoms with E-state index in [4.69, 9.17) is 30.7 Å². The number of nitriles is 1. The number of nitrogens with zero attached hydrogens (tertiary/aromatic N) is 5. The highest BCUT2D eigenvalue weighted by Crippen LogP contribution is 2.49. The lowest BCUT2D eigenvalue weighted by Crippen LogP contribution is -2.49. The smallest absolute Gasteiger partial charge is 0.309 e. The molecule has 3 aliphatic rings. The lowest BCUT2D eigenvalue weighted by atomic mass is 9.68. The zero-order valence-corrected chi connectivity index (χ0v) is 26.7. The van der Waals surface area contributed by atoms with Crippen molar-refractivity contribution in [2.24, 2.45) is 5.92 Å². The molecule has 0 saturated carbocycles. The molecular formula is C36H33ClFN5O4. The van der Waals surface area contributed by atoms with Crippen molar-refractivity contribution in [3.63, 3.8) is 0 Å². The van der Waals surface area contributed by atoms with Crippen molar-refractivity contribution in [1.29, 1.82) is 5.26 Å². The number of carboxylic acid groups (broad SMARTS) is 1. The number of pyridine rings is 1. The Bertz CT molecular complexity index is 1970. The molecule has 2 aliphatic heterocycles. The van der Waals surface area contributed by atoms with E-state index in [1.54, 1.807) is 13.2 Å². The molecule has 9 nitrogen and oxygen atoms in total. The molecule has 2 atom stereocenters. The molecule has 0 bridgehead atoms. The van der Waals surface area contributed by atoms with Crippen LogP contribution in [0.4, 0.5) is 4.39 Å². The number of rotatable bonds is 9. The third-order valence-electron chi connectivity index (χ3n) is 9.42. The fraction of sp³-hybridized carbons (Fsp3) is 0.333. The standard InChI is InChI=1S/C36H33ClFN5O4/c1-21-6-3-4-7-27(21)28-8-5-11-36(33(28)37,30-10-9-22(34(41-30)46-2)15-42-16-24(17-42)35(44)45)25-12-23(14-39)32-29(13-25)40-31(47-32)20-43-18-26(38)19-43/h3-13,24,26,33H,15-20H2,1-2H3,(H,44,45). The summed E-state index contributed by atoms with van der Waals surface area (Å²) in [7, 11) is 1.56. The van der Waals surface area contributed by atoms with Crippen molar-refractivity contribution >= 4 is 34.2 Å². The summed E-state index contributed by atoms with van der Waals surface area (Å²) >= 11 is 7.61. The van der Waals surface area contributed by atoms with E-state index in [2.05, 4.69) is 6.07 Å². The quantitative estimate of drug-likeness (QED) is 0.230. The van der Waals surface area contributed by atoms with Crippen LogP contribution < -0.4 is 4.74 Å². The molecule has 2 aromatic heterocycles. The maximum atomic E-state index is 13.5. The van der Waals surface area contributed by atoms with Crippen molar-refractivity contribution in [3.8, 4) is 11.9 Å². The predicted octanol–water partition coefficient (Wildman–Crippen LogP) is 5.63. The van der Waals surface area contributed by atoms with Gasteiger partial charge in [0.1, 0.15) is 17.8 Å². The van der Waals surface area contributed by atoms with Crippen molar-refractivity contribution in [1.82, 2.24) is 19.8 Å². The number of halogens is 2. The van der Waals surface area contributed by atoms with E-state index in [1.807, 2.05) is 77.4 Å². The maximum Gasteiger partial charge on any atom is 0.309 e. The maximum absolute atomic E-state index is 13.5. The van der Waals surface area contributed by atoms with Crippen LogP contribution in [0.2, 0.25) is 0 Å². The largest absolute Gasteiger partial charge is 0.481 e. The fourth-order valence-electron chi connectivity index (χ4n) is 6.83. The number of likely N-dealkylation sites (tertiary alicyclic amines) is 2. The highest BCUT2D eigenvalue weighted by atomic mass is 35.5. The van der Waals surface area contributed by atoms with Gasteiger partial charge in [-0.3, -0.25) is 14.6 Å². The Morgan fingerprint density at radius 1 is 1.15 bits per heavy atom. The van der Waals surface area contributed by atoms with Crippen LogP contribution in [0.5, 0.6) is 5.88 Å². The van der Waals surface area contributed by atoms with Crippen LogP contribution in [-0.2, 0) is 23.3 Å². The van der Waals surface area contributed by atoms with Gasteiger partial charge in [0.15, 0.2) is 5.58 Å². The van der Waals surface area contributed by atoms with Crippen LogP contribution in [0.25, 0.3) is 16.7 Å². The molecule has 1 aliphatic carbocycles. The molecule has 2 aromatic carbocycles. The molecule has 4 aromatic rings. The van der Waals surface area contributed by atoms with Crippen molar-refractivity contribution in [3.05, 3.63) is 106 Å². The van der Waals surface area contributed by atoms with Crippen LogP contribution in [-0.4, -0.2) is 75.7 Å². The molecule has 7 rings (SSSR count). The van der Waals surface area contributed by atoms with Gasteiger partial charge in [0.2, 0.25) is 11.8 Å². The summed E-state index contributed by atoms with van der Waals surface area (Å²) in [6, 6.07) is 17.9. The topological polar surface area (TPSA) is 116 Å². The van der Waals surface area contributed by atoms with E-state index in [-0.39, 0.29) is 5.92 Å². The summed E-state index contributed by atoms with van der Waals surface area (Å²) in [4.78, 5) is 25.1. The third-order valence-corrected chi connectivity index (χ3v) is 10.0. The van der Waals surface area contributed by atoms with Crippen LogP contribution in [0.1, 0.15) is 39.4 Å². The van der Waals surface area contributed by atoms with Gasteiger partial charge in [-0.2, -0.15) is 5.26 Å². The molecule has 240 valence electrons. The third kappa shape index (κ3) is 5.48. The molecule has 0 radical (unpaired) electrons. The molecule has 2 fully saturated rings. The van der Waals surface area contributed by atoms with Crippen molar-refractivity contribution in [2.75, 3.05) is 33.3 Å². The van der Waals surface area contributed by atoms with Gasteiger partial charge in [-0.1, -0.05) is 48.6 Å². The number of ether oxygens (including phenoxy) is 1. The minimum absolute atomic E-state index is 0.307. The number of aliphatic carboxylic acids is 1. The van der Waals surface area contributed by atoms with E-state index in [9.17, 15) is 19.6 Å². The highest BCUT2D eigenvalue weighted by molar-refractivity contribution is 6.28. The average molecular weight is 654 g/mol. The minimum Gasteiger partial charge on any atom is -0.481 e. The Morgan fingerprint density at radius 2 is 1.91 bits per heavy atom. The number of fused-ring (bicyclic) bond motifs is 1. The summed E-state index contributed by atoms with van der Waals surface area (Å²) in [5.41, 5.74) is 5.24. The van der Waals surface area contributed by atoms with Gasteiger partial charge >= 0.3 is 5.97 Å². The summed E-state index contributed by atoms with van der Waals surface area (Å²) in [6.07, 6.45) is 5.14. The van der Waals surface area contributed by atoms with Crippen LogP contribution in [0, 0.1) is 24.2 Å². The second kappa shape index (κ2) is 12.2. The number of hydrogen-bond donors (Lipinski definition) is 1. The lowest BCUT2D eigenvalue weighted by molar-refractivity contribution is -0.147. The molecule has 0 amide bonds. The number of carboxylic acids is 1. The Balaban J connectivity index is 1.34. The Morgan fingerprint density at radius 3 is 2.62 bits per heavy atom. The molecule has 47 heavy (non-hydrogen) atoms. The second-order valence-corrected chi connectivity index (χ2v) is 12.9. The number of benzene rings is 2. The summed E-state index contributed by atoms with van der Waals surface area (Å²) in [5, 5.41) is 18.9. The number of allylic oxidation sites excluding steroid dienone is 4. The van der Waals surface area contributed by atoms with Crippen molar-refractivity contribution in [2.45, 2.75) is 37.0 Å². The van der Waals surface area contributed by atoms with Crippen LogP contribution in [0.15, 0.2) is 71.2 Å². The van der Waals surface area contributed by atoms with Gasteiger partial charge in [-0.05, 0) is 47.4 Å². The molecular weight excluding hydrogens is 621 g/mol. The Labute approximate surface area is 276 Å². The first-order valence-electron chi connectivity index (χ1n) is 15.5. The van der Waals surface area contributed by atoms with Gasteiger partial charge in [0.05, 0.1) is 41.6 Å². The number of aromatic nitrogens is 2. The summed E-state index contributed by atoms with van der Waals surface area (Å²) < 4.78 is 25.3. The molecule has 4 heterocycles. The van der Waals surface area contributed by atoms with E-state index in [0.717, 1.165) is 22.3 Å². The summed E-state index contributed by atoms with van der Waals surface area (Å²) in [6.45, 7) is 4.46. The number of alkyl halides is 2. The number of hydrogen-bond acceptors (Lipinski definition) is 8. The first kappa shape index (κ1) is 31.1. The normalized spacial score (nSPS) is 22.0. The molecule has 2 saturated heterocycles. The number of oxazole rings is 1. The van der Waals surface area contributed by atoms with E-state index in [0.29, 0.717) is 79.0 Å². The Kier molecular flexibility index (Phi) is 8.08. The number of carbonyl (C=O) groups is 1. The number of aryl methyl sites for hydroxylation is 1. The molecule has 0 spiro atoms. The molecule has 11 heteroatoms. The van der Waals surface area contributed by atoms with Gasteiger partial charge in [0.25, 0.3) is 0 Å². The molecule has 1 N–H and O–H groups in total. The zero-order chi connectivity index (χ0) is 32.9. The average Bonchev–Trinajstić information content (AvgIpc) is 3.44.